The Kier molecular flexibility index (Phi) is 4.20. The van der Waals surface area contributed by atoms with Crippen molar-refractivity contribution in [3.8, 4) is 11.4 Å². The van der Waals surface area contributed by atoms with E-state index in [1.807, 2.05) is 0 Å². The zero-order valence-electron chi connectivity index (χ0n) is 14.7. The summed E-state index contributed by atoms with van der Waals surface area (Å²) in [6, 6.07) is 4.34. The van der Waals surface area contributed by atoms with Crippen molar-refractivity contribution in [3.63, 3.8) is 0 Å². The van der Waals surface area contributed by atoms with Crippen LogP contribution in [0.1, 0.15) is 29.0 Å². The van der Waals surface area contributed by atoms with Gasteiger partial charge in [0.25, 0.3) is 5.91 Å². The number of amides is 1. The van der Waals surface area contributed by atoms with Crippen molar-refractivity contribution < 1.29 is 18.0 Å². The van der Waals surface area contributed by atoms with Gasteiger partial charge in [0.2, 0.25) is 5.56 Å². The Morgan fingerprint density at radius 2 is 2.11 bits per heavy atom. The highest BCUT2D eigenvalue weighted by atomic mass is 19.4. The number of hydrogen-bond acceptors (Lipinski definition) is 4. The molecule has 1 saturated carbocycles. The molecule has 28 heavy (non-hydrogen) atoms. The summed E-state index contributed by atoms with van der Waals surface area (Å²) in [6.45, 7) is 1.74. The first kappa shape index (κ1) is 18.2. The highest BCUT2D eigenvalue weighted by Gasteiger charge is 2.50. The predicted octanol–water partition coefficient (Wildman–Crippen LogP) is 2.46. The third kappa shape index (κ3) is 3.37. The molecule has 1 fully saturated rings. The Bertz CT molecular complexity index is 1110. The number of aromatic nitrogens is 4. The SMILES string of the molecule is Cc1cc(-c2cccc(=O)[nH]2)nc2c(C(=O)NC(C3CC3)C(F)(F)F)ncn12. The number of alkyl halides is 3. The lowest BCUT2D eigenvalue weighted by Gasteiger charge is -2.20. The van der Waals surface area contributed by atoms with Gasteiger partial charge < -0.3 is 10.3 Å². The van der Waals surface area contributed by atoms with Gasteiger partial charge in [-0.2, -0.15) is 13.2 Å². The summed E-state index contributed by atoms with van der Waals surface area (Å²) in [5, 5.41) is 2.06. The molecule has 0 saturated heterocycles. The molecule has 1 aliphatic rings. The summed E-state index contributed by atoms with van der Waals surface area (Å²) in [5.74, 6) is -1.53. The number of nitrogens with zero attached hydrogens (tertiary/aromatic N) is 3. The molecule has 7 nitrogen and oxygen atoms in total. The Morgan fingerprint density at radius 3 is 2.75 bits per heavy atom. The van der Waals surface area contributed by atoms with Crippen LogP contribution in [0.2, 0.25) is 0 Å². The Morgan fingerprint density at radius 1 is 1.36 bits per heavy atom. The molecule has 10 heteroatoms. The van der Waals surface area contributed by atoms with E-state index in [4.69, 9.17) is 0 Å². The fraction of sp³-hybridized carbons (Fsp3) is 0.333. The summed E-state index contributed by atoms with van der Waals surface area (Å²) in [5.41, 5.74) is 1.07. The lowest BCUT2D eigenvalue weighted by atomic mass is 10.1. The molecule has 146 valence electrons. The van der Waals surface area contributed by atoms with Gasteiger partial charge >= 0.3 is 6.18 Å². The van der Waals surface area contributed by atoms with E-state index in [-0.39, 0.29) is 16.9 Å². The zero-order chi connectivity index (χ0) is 20.1. The second-order valence-electron chi connectivity index (χ2n) is 6.83. The van der Waals surface area contributed by atoms with Gasteiger partial charge in [-0.25, -0.2) is 9.97 Å². The highest BCUT2D eigenvalue weighted by molar-refractivity contribution is 5.98. The molecule has 0 radical (unpaired) electrons. The van der Waals surface area contributed by atoms with Crippen LogP contribution in [0.3, 0.4) is 0 Å². The molecule has 3 aromatic heterocycles. The minimum absolute atomic E-state index is 0.119. The van der Waals surface area contributed by atoms with Gasteiger partial charge in [-0.05, 0) is 37.8 Å². The van der Waals surface area contributed by atoms with Crippen molar-refractivity contribution in [3.05, 3.63) is 52.3 Å². The molecule has 1 aliphatic carbocycles. The van der Waals surface area contributed by atoms with Crippen molar-refractivity contribution in [2.45, 2.75) is 32.0 Å². The van der Waals surface area contributed by atoms with Gasteiger partial charge in [0, 0.05) is 11.8 Å². The topological polar surface area (TPSA) is 92.1 Å². The number of carbonyl (C=O) groups excluding carboxylic acids is 1. The molecular formula is C18H16F3N5O2. The Labute approximate surface area is 156 Å². The maximum Gasteiger partial charge on any atom is 0.408 e. The van der Waals surface area contributed by atoms with Crippen LogP contribution in [0.25, 0.3) is 17.0 Å². The van der Waals surface area contributed by atoms with Crippen LogP contribution < -0.4 is 10.9 Å². The van der Waals surface area contributed by atoms with Crippen LogP contribution in [0.4, 0.5) is 13.2 Å². The van der Waals surface area contributed by atoms with Gasteiger partial charge in [0.05, 0.1) is 11.4 Å². The van der Waals surface area contributed by atoms with Gasteiger partial charge in [-0.1, -0.05) is 6.07 Å². The molecule has 1 atom stereocenters. The van der Waals surface area contributed by atoms with Crippen LogP contribution in [-0.2, 0) is 0 Å². The molecule has 0 bridgehead atoms. The first-order valence-corrected chi connectivity index (χ1v) is 8.66. The van der Waals surface area contributed by atoms with Crippen molar-refractivity contribution >= 4 is 11.6 Å². The molecule has 3 aromatic rings. The lowest BCUT2D eigenvalue weighted by molar-refractivity contribution is -0.158. The highest BCUT2D eigenvalue weighted by Crippen LogP contribution is 2.40. The monoisotopic (exact) mass is 391 g/mol. The van der Waals surface area contributed by atoms with E-state index in [1.54, 1.807) is 25.1 Å². The lowest BCUT2D eigenvalue weighted by Crippen LogP contribution is -2.47. The fourth-order valence-corrected chi connectivity index (χ4v) is 3.12. The molecule has 4 rings (SSSR count). The summed E-state index contributed by atoms with van der Waals surface area (Å²) >= 11 is 0. The van der Waals surface area contributed by atoms with Gasteiger partial charge in [-0.3, -0.25) is 14.0 Å². The van der Waals surface area contributed by atoms with Crippen molar-refractivity contribution in [1.82, 2.24) is 24.7 Å². The van der Waals surface area contributed by atoms with E-state index in [2.05, 4.69) is 20.3 Å². The third-order valence-electron chi connectivity index (χ3n) is 4.69. The molecule has 1 amide bonds. The Hall–Kier alpha value is -3.17. The quantitative estimate of drug-likeness (QED) is 0.715. The number of nitrogens with one attached hydrogen (secondary N) is 2. The predicted molar refractivity (Wildman–Crippen MR) is 93.8 cm³/mol. The van der Waals surface area contributed by atoms with E-state index in [0.717, 1.165) is 0 Å². The number of aromatic amines is 1. The van der Waals surface area contributed by atoms with Crippen LogP contribution in [-0.4, -0.2) is 37.5 Å². The van der Waals surface area contributed by atoms with Crippen molar-refractivity contribution in [1.29, 1.82) is 0 Å². The van der Waals surface area contributed by atoms with Gasteiger partial charge in [0.1, 0.15) is 12.4 Å². The molecule has 3 heterocycles. The van der Waals surface area contributed by atoms with E-state index in [9.17, 15) is 22.8 Å². The molecular weight excluding hydrogens is 375 g/mol. The molecule has 0 aliphatic heterocycles. The first-order chi connectivity index (χ1) is 13.2. The second-order valence-corrected chi connectivity index (χ2v) is 6.83. The van der Waals surface area contributed by atoms with Crippen LogP contribution in [0, 0.1) is 12.8 Å². The average Bonchev–Trinajstić information content (AvgIpc) is 3.36. The molecule has 0 spiro atoms. The van der Waals surface area contributed by atoms with Crippen molar-refractivity contribution in [2.75, 3.05) is 0 Å². The molecule has 0 aromatic carbocycles. The van der Waals surface area contributed by atoms with E-state index in [1.165, 1.54) is 16.8 Å². The number of fused-ring (bicyclic) bond motifs is 1. The molecule has 1 unspecified atom stereocenters. The van der Waals surface area contributed by atoms with Crippen molar-refractivity contribution in [2.24, 2.45) is 5.92 Å². The Balaban J connectivity index is 1.73. The van der Waals surface area contributed by atoms with Gasteiger partial charge in [-0.15, -0.1) is 0 Å². The normalized spacial score (nSPS) is 15.6. The number of imidazole rings is 1. The summed E-state index contributed by atoms with van der Waals surface area (Å²) in [6.07, 6.45) is -2.33. The fourth-order valence-electron chi connectivity index (χ4n) is 3.12. The van der Waals surface area contributed by atoms with E-state index < -0.39 is 24.0 Å². The van der Waals surface area contributed by atoms with Crippen LogP contribution >= 0.6 is 0 Å². The standard InChI is InChI=1S/C18H16F3N5O2/c1-9-7-12(11-3-2-4-13(27)23-11)24-16-14(22-8-26(9)16)17(28)25-15(10-5-6-10)18(19,20)21/h2-4,7-8,10,15H,5-6H2,1H3,(H,23,27)(H,25,28). The maximum atomic E-state index is 13.2. The smallest absolute Gasteiger partial charge is 0.339 e. The number of pyridine rings is 1. The number of halogens is 3. The van der Waals surface area contributed by atoms with Crippen LogP contribution in [0.5, 0.6) is 0 Å². The van der Waals surface area contributed by atoms with Crippen LogP contribution in [0.15, 0.2) is 35.4 Å². The number of carbonyl (C=O) groups is 1. The number of hydrogen-bond donors (Lipinski definition) is 2. The number of aryl methyl sites for hydroxylation is 1. The van der Waals surface area contributed by atoms with E-state index in [0.29, 0.717) is 29.9 Å². The number of rotatable bonds is 4. The maximum absolute atomic E-state index is 13.2. The second kappa shape index (κ2) is 6.47. The number of H-pyrrole nitrogens is 1. The summed E-state index contributed by atoms with van der Waals surface area (Å²) < 4.78 is 41.2. The minimum atomic E-state index is -4.52. The minimum Gasteiger partial charge on any atom is -0.339 e. The zero-order valence-corrected chi connectivity index (χ0v) is 14.7. The van der Waals surface area contributed by atoms with E-state index >= 15 is 0 Å². The third-order valence-corrected chi connectivity index (χ3v) is 4.69. The first-order valence-electron chi connectivity index (χ1n) is 8.66. The van der Waals surface area contributed by atoms with Gasteiger partial charge in [0.15, 0.2) is 11.3 Å². The molecule has 2 N–H and O–H groups in total. The average molecular weight is 391 g/mol. The largest absolute Gasteiger partial charge is 0.408 e. The summed E-state index contributed by atoms with van der Waals surface area (Å²) in [4.78, 5) is 35.0. The summed E-state index contributed by atoms with van der Waals surface area (Å²) in [7, 11) is 0.